The van der Waals surface area contributed by atoms with Gasteiger partial charge in [-0.1, -0.05) is 43.5 Å². The van der Waals surface area contributed by atoms with Crippen LogP contribution < -0.4 is 4.90 Å². The number of halogens is 3. The van der Waals surface area contributed by atoms with Crippen molar-refractivity contribution in [3.63, 3.8) is 0 Å². The lowest BCUT2D eigenvalue weighted by molar-refractivity contribution is -0.122. The second kappa shape index (κ2) is 5.56. The first-order valence-corrected chi connectivity index (χ1v) is 8.75. The molecule has 1 aromatic carbocycles. The number of anilines is 1. The molecule has 2 fully saturated rings. The number of rotatable bonds is 1. The van der Waals surface area contributed by atoms with Crippen LogP contribution in [0.2, 0.25) is 5.02 Å². The molecule has 112 valence electrons. The number of hydrogen-bond donors (Lipinski definition) is 1. The van der Waals surface area contributed by atoms with E-state index in [1.54, 1.807) is 6.07 Å². The van der Waals surface area contributed by atoms with Gasteiger partial charge in [0.2, 0.25) is 11.8 Å². The van der Waals surface area contributed by atoms with Crippen molar-refractivity contribution in [1.29, 1.82) is 0 Å². The number of imide groups is 1. The average Bonchev–Trinajstić information content (AvgIpc) is 2.64. The van der Waals surface area contributed by atoms with E-state index in [2.05, 4.69) is 31.9 Å². The normalized spacial score (nSPS) is 32.4. The van der Waals surface area contributed by atoms with Crippen molar-refractivity contribution in [2.24, 2.45) is 11.8 Å². The molecule has 2 aliphatic rings. The highest BCUT2D eigenvalue weighted by Crippen LogP contribution is 2.45. The Balaban J connectivity index is 1.97. The van der Waals surface area contributed by atoms with E-state index in [1.807, 2.05) is 0 Å². The lowest BCUT2D eigenvalue weighted by atomic mass is 9.81. The van der Waals surface area contributed by atoms with Crippen LogP contribution in [0.1, 0.15) is 12.8 Å². The molecule has 3 rings (SSSR count). The van der Waals surface area contributed by atoms with Gasteiger partial charge in [-0.3, -0.25) is 9.59 Å². The summed E-state index contributed by atoms with van der Waals surface area (Å²) in [5.74, 6) is -1.30. The second-order valence-electron chi connectivity index (χ2n) is 5.36. The predicted molar refractivity (Wildman–Crippen MR) is 87.3 cm³/mol. The van der Waals surface area contributed by atoms with Crippen LogP contribution in [-0.2, 0) is 9.59 Å². The number of benzene rings is 1. The molecule has 0 bridgehead atoms. The second-order valence-corrected chi connectivity index (χ2v) is 8.15. The molecular formula is C14H12Br2ClNO3. The van der Waals surface area contributed by atoms with E-state index in [4.69, 9.17) is 11.6 Å². The van der Waals surface area contributed by atoms with E-state index in [0.717, 1.165) is 4.90 Å². The molecule has 1 saturated heterocycles. The Kier molecular flexibility index (Phi) is 4.05. The third-order valence-electron chi connectivity index (χ3n) is 4.09. The molecule has 1 aromatic rings. The van der Waals surface area contributed by atoms with Crippen LogP contribution in [0.15, 0.2) is 18.2 Å². The van der Waals surface area contributed by atoms with Gasteiger partial charge in [0, 0.05) is 20.7 Å². The van der Waals surface area contributed by atoms with E-state index in [1.165, 1.54) is 12.1 Å². The highest BCUT2D eigenvalue weighted by molar-refractivity contribution is 9.12. The van der Waals surface area contributed by atoms with Gasteiger partial charge in [0.25, 0.3) is 0 Å². The molecule has 0 aromatic heterocycles. The summed E-state index contributed by atoms with van der Waals surface area (Å²) in [4.78, 5) is 26.6. The van der Waals surface area contributed by atoms with Crippen LogP contribution in [0.4, 0.5) is 5.69 Å². The number of nitrogens with zero attached hydrogens (tertiary/aromatic N) is 1. The molecule has 1 aliphatic carbocycles. The van der Waals surface area contributed by atoms with Crippen molar-refractivity contribution in [2.45, 2.75) is 22.5 Å². The minimum Gasteiger partial charge on any atom is -0.506 e. The van der Waals surface area contributed by atoms with E-state index in [0.29, 0.717) is 17.9 Å². The number of phenols is 1. The molecule has 4 atom stereocenters. The minimum absolute atomic E-state index is 0.159. The van der Waals surface area contributed by atoms with Gasteiger partial charge < -0.3 is 5.11 Å². The van der Waals surface area contributed by atoms with Crippen molar-refractivity contribution in [3.8, 4) is 5.75 Å². The monoisotopic (exact) mass is 435 g/mol. The van der Waals surface area contributed by atoms with E-state index >= 15 is 0 Å². The molecule has 2 amide bonds. The number of amides is 2. The molecule has 21 heavy (non-hydrogen) atoms. The summed E-state index contributed by atoms with van der Waals surface area (Å²) in [6.45, 7) is 0. The zero-order chi connectivity index (χ0) is 15.3. The Bertz CT molecular complexity index is 596. The number of fused-ring (bicyclic) bond motifs is 1. The number of phenolic OH excluding ortho intramolecular Hbond substituents is 1. The first-order valence-electron chi connectivity index (χ1n) is 6.54. The summed E-state index contributed by atoms with van der Waals surface area (Å²) in [6, 6.07) is 4.39. The number of carbonyl (C=O) groups excluding carboxylic acids is 2. The number of hydrogen-bond acceptors (Lipinski definition) is 3. The topological polar surface area (TPSA) is 57.6 Å². The Labute approximate surface area is 143 Å². The molecule has 1 saturated carbocycles. The fourth-order valence-electron chi connectivity index (χ4n) is 3.02. The van der Waals surface area contributed by atoms with Crippen molar-refractivity contribution in [3.05, 3.63) is 23.2 Å². The van der Waals surface area contributed by atoms with Gasteiger partial charge in [0.15, 0.2) is 0 Å². The molecule has 0 unspecified atom stereocenters. The van der Waals surface area contributed by atoms with Crippen molar-refractivity contribution < 1.29 is 14.7 Å². The van der Waals surface area contributed by atoms with Gasteiger partial charge >= 0.3 is 0 Å². The van der Waals surface area contributed by atoms with Crippen LogP contribution >= 0.6 is 43.5 Å². The number of carbonyl (C=O) groups is 2. The van der Waals surface area contributed by atoms with Gasteiger partial charge in [-0.15, -0.1) is 0 Å². The Morgan fingerprint density at radius 1 is 1.10 bits per heavy atom. The van der Waals surface area contributed by atoms with Crippen LogP contribution in [-0.4, -0.2) is 26.6 Å². The Morgan fingerprint density at radius 3 is 2.10 bits per heavy atom. The molecule has 0 spiro atoms. The maximum Gasteiger partial charge on any atom is 0.237 e. The minimum atomic E-state index is -0.328. The predicted octanol–water partition coefficient (Wildman–Crippen LogP) is 3.47. The zero-order valence-corrected chi connectivity index (χ0v) is 14.7. The third kappa shape index (κ3) is 2.51. The first kappa shape index (κ1) is 15.3. The highest BCUT2D eigenvalue weighted by atomic mass is 79.9. The van der Waals surface area contributed by atoms with Crippen LogP contribution in [0.25, 0.3) is 0 Å². The fraction of sp³-hybridized carbons (Fsp3) is 0.429. The van der Waals surface area contributed by atoms with Crippen molar-refractivity contribution in [2.75, 3.05) is 4.90 Å². The average molecular weight is 438 g/mol. The number of alkyl halides is 2. The summed E-state index contributed by atoms with van der Waals surface area (Å²) < 4.78 is 0. The van der Waals surface area contributed by atoms with Crippen molar-refractivity contribution >= 4 is 61.0 Å². The van der Waals surface area contributed by atoms with Gasteiger partial charge in [-0.05, 0) is 25.0 Å². The Morgan fingerprint density at radius 2 is 1.62 bits per heavy atom. The van der Waals surface area contributed by atoms with Crippen molar-refractivity contribution in [1.82, 2.24) is 0 Å². The lowest BCUT2D eigenvalue weighted by Gasteiger charge is -2.29. The maximum absolute atomic E-state index is 12.6. The first-order chi connectivity index (χ1) is 9.90. The smallest absolute Gasteiger partial charge is 0.237 e. The maximum atomic E-state index is 12.6. The van der Waals surface area contributed by atoms with Gasteiger partial charge in [-0.2, -0.15) is 0 Å². The zero-order valence-electron chi connectivity index (χ0n) is 10.8. The van der Waals surface area contributed by atoms with Gasteiger partial charge in [0.05, 0.1) is 17.5 Å². The summed E-state index contributed by atoms with van der Waals surface area (Å²) in [7, 11) is 0. The van der Waals surface area contributed by atoms with E-state index in [9.17, 15) is 14.7 Å². The van der Waals surface area contributed by atoms with Crippen LogP contribution in [0, 0.1) is 11.8 Å². The van der Waals surface area contributed by atoms with E-state index in [-0.39, 0.29) is 44.7 Å². The Hall–Kier alpha value is -0.590. The summed E-state index contributed by atoms with van der Waals surface area (Å²) in [6.07, 6.45) is 1.21. The van der Waals surface area contributed by atoms with Gasteiger partial charge in [-0.25, -0.2) is 4.90 Å². The molecule has 1 heterocycles. The summed E-state index contributed by atoms with van der Waals surface area (Å²) >= 11 is 12.9. The largest absolute Gasteiger partial charge is 0.506 e. The van der Waals surface area contributed by atoms with Gasteiger partial charge in [0.1, 0.15) is 5.75 Å². The molecule has 4 nitrogen and oxygen atoms in total. The molecule has 1 N–H and O–H groups in total. The number of aromatic hydroxyl groups is 1. The lowest BCUT2D eigenvalue weighted by Crippen LogP contribution is -2.34. The van der Waals surface area contributed by atoms with E-state index < -0.39 is 0 Å². The van der Waals surface area contributed by atoms with Crippen LogP contribution in [0.3, 0.4) is 0 Å². The fourth-order valence-corrected chi connectivity index (χ4v) is 4.42. The summed E-state index contributed by atoms with van der Waals surface area (Å²) in [5, 5.41) is 10.3. The molecular weight excluding hydrogens is 425 g/mol. The third-order valence-corrected chi connectivity index (χ3v) is 7.06. The SMILES string of the molecule is O=C1[C@H]2C[C@H](Br)[C@@H](Br)C[C@H]2C(=O)N1c1ccc(Cl)cc1O. The highest BCUT2D eigenvalue weighted by Gasteiger charge is 2.52. The van der Waals surface area contributed by atoms with Crippen LogP contribution in [0.5, 0.6) is 5.75 Å². The standard InChI is InChI=1S/C14H12Br2ClNO3/c15-9-4-7-8(5-10(9)16)14(21)18(13(7)20)11-2-1-6(17)3-12(11)19/h1-3,7-10,19H,4-5H2/t7-,8+,9-,10-/m0/s1. The molecule has 7 heteroatoms. The quantitative estimate of drug-likeness (QED) is 0.541. The summed E-state index contributed by atoms with van der Waals surface area (Å²) in [5.41, 5.74) is 0.209. The molecule has 1 aliphatic heterocycles. The molecule has 0 radical (unpaired) electrons.